The van der Waals surface area contributed by atoms with E-state index in [1.165, 1.54) is 12.1 Å². The fourth-order valence-corrected chi connectivity index (χ4v) is 1.08. The van der Waals surface area contributed by atoms with Crippen molar-refractivity contribution in [2.45, 2.75) is 12.5 Å². The van der Waals surface area contributed by atoms with E-state index in [4.69, 9.17) is 16.6 Å². The van der Waals surface area contributed by atoms with Gasteiger partial charge in [0.05, 0.1) is 5.69 Å². The van der Waals surface area contributed by atoms with Crippen molar-refractivity contribution in [2.24, 2.45) is 5.73 Å². The first kappa shape index (κ1) is 10.5. The lowest BCUT2D eigenvalue weighted by Crippen LogP contribution is -2.32. The van der Waals surface area contributed by atoms with Crippen molar-refractivity contribution >= 4 is 11.7 Å². The van der Waals surface area contributed by atoms with Gasteiger partial charge < -0.3 is 16.6 Å². The van der Waals surface area contributed by atoms with Crippen LogP contribution in [0.15, 0.2) is 18.2 Å². The molecule has 1 atom stereocenters. The molecule has 0 aliphatic carbocycles. The van der Waals surface area contributed by atoms with Gasteiger partial charge in [-0.25, -0.2) is 4.39 Å². The summed E-state index contributed by atoms with van der Waals surface area (Å²) < 4.78 is 12.9. The van der Waals surface area contributed by atoms with Gasteiger partial charge in [0.15, 0.2) is 0 Å². The zero-order valence-electron chi connectivity index (χ0n) is 7.40. The molecule has 14 heavy (non-hydrogen) atoms. The van der Waals surface area contributed by atoms with Crippen molar-refractivity contribution in [2.75, 3.05) is 5.73 Å². The second-order valence-corrected chi connectivity index (χ2v) is 2.96. The van der Waals surface area contributed by atoms with Gasteiger partial charge in [0.25, 0.3) is 0 Å². The van der Waals surface area contributed by atoms with Crippen molar-refractivity contribution < 1.29 is 14.3 Å². The van der Waals surface area contributed by atoms with Crippen molar-refractivity contribution in [1.29, 1.82) is 0 Å². The fraction of sp³-hybridized carbons (Fsp3) is 0.222. The summed E-state index contributed by atoms with van der Waals surface area (Å²) in [6.45, 7) is 0. The van der Waals surface area contributed by atoms with Gasteiger partial charge in [-0.2, -0.15) is 0 Å². The van der Waals surface area contributed by atoms with Crippen molar-refractivity contribution in [3.05, 3.63) is 29.6 Å². The molecule has 0 fully saturated rings. The summed E-state index contributed by atoms with van der Waals surface area (Å²) in [6, 6.07) is 3.18. The first-order chi connectivity index (χ1) is 6.52. The van der Waals surface area contributed by atoms with Gasteiger partial charge in [-0.3, -0.25) is 4.79 Å². The SMILES string of the molecule is Nc1c(F)cccc1C[C@H](N)C(=O)O. The van der Waals surface area contributed by atoms with Crippen LogP contribution in [0, 0.1) is 5.82 Å². The summed E-state index contributed by atoms with van der Waals surface area (Å²) in [5.41, 5.74) is 11.1. The smallest absolute Gasteiger partial charge is 0.320 e. The third-order valence-electron chi connectivity index (χ3n) is 1.90. The highest BCUT2D eigenvalue weighted by Gasteiger charge is 2.14. The minimum atomic E-state index is -1.13. The molecule has 0 aromatic heterocycles. The Labute approximate surface area is 80.3 Å². The number of halogens is 1. The highest BCUT2D eigenvalue weighted by Crippen LogP contribution is 2.16. The van der Waals surface area contributed by atoms with Crippen molar-refractivity contribution in [3.63, 3.8) is 0 Å². The maximum absolute atomic E-state index is 12.9. The molecule has 0 bridgehead atoms. The van der Waals surface area contributed by atoms with Crippen LogP contribution in [0.25, 0.3) is 0 Å². The summed E-state index contributed by atoms with van der Waals surface area (Å²) in [5, 5.41) is 8.54. The van der Waals surface area contributed by atoms with Gasteiger partial charge in [0.2, 0.25) is 0 Å². The third-order valence-corrected chi connectivity index (χ3v) is 1.90. The van der Waals surface area contributed by atoms with Crippen LogP contribution in [0.4, 0.5) is 10.1 Å². The molecule has 76 valence electrons. The first-order valence-corrected chi connectivity index (χ1v) is 4.03. The minimum absolute atomic E-state index is 0.0267. The lowest BCUT2D eigenvalue weighted by atomic mass is 10.0. The number of anilines is 1. The number of nitrogen functional groups attached to an aromatic ring is 1. The highest BCUT2D eigenvalue weighted by molar-refractivity contribution is 5.74. The third kappa shape index (κ3) is 2.20. The predicted octanol–water partition coefficient (Wildman–Crippen LogP) is 0.362. The van der Waals surface area contributed by atoms with Crippen LogP contribution in [-0.2, 0) is 11.2 Å². The Hall–Kier alpha value is -1.62. The molecule has 4 nitrogen and oxygen atoms in total. The van der Waals surface area contributed by atoms with Crippen molar-refractivity contribution in [1.82, 2.24) is 0 Å². The van der Waals surface area contributed by atoms with Crippen LogP contribution in [0.1, 0.15) is 5.56 Å². The van der Waals surface area contributed by atoms with Gasteiger partial charge in [0, 0.05) is 6.42 Å². The van der Waals surface area contributed by atoms with Crippen LogP contribution in [0.2, 0.25) is 0 Å². The number of aliphatic carboxylic acids is 1. The van der Waals surface area contributed by atoms with E-state index in [0.29, 0.717) is 5.56 Å². The number of benzene rings is 1. The second-order valence-electron chi connectivity index (χ2n) is 2.96. The zero-order valence-corrected chi connectivity index (χ0v) is 7.40. The molecule has 1 aromatic carbocycles. The number of hydrogen-bond donors (Lipinski definition) is 3. The first-order valence-electron chi connectivity index (χ1n) is 4.03. The zero-order chi connectivity index (χ0) is 10.7. The lowest BCUT2D eigenvalue weighted by Gasteiger charge is -2.09. The van der Waals surface area contributed by atoms with E-state index < -0.39 is 17.8 Å². The Morgan fingerprint density at radius 3 is 2.79 bits per heavy atom. The van der Waals surface area contributed by atoms with Crippen LogP contribution in [0.3, 0.4) is 0 Å². The molecule has 0 amide bonds. The van der Waals surface area contributed by atoms with Crippen LogP contribution in [-0.4, -0.2) is 17.1 Å². The molecule has 5 heteroatoms. The Morgan fingerprint density at radius 2 is 2.21 bits per heavy atom. The van der Waals surface area contributed by atoms with E-state index in [1.807, 2.05) is 0 Å². The number of para-hydroxylation sites is 1. The Kier molecular flexibility index (Phi) is 3.03. The highest BCUT2D eigenvalue weighted by atomic mass is 19.1. The molecule has 1 rings (SSSR count). The summed E-state index contributed by atoms with van der Waals surface area (Å²) in [7, 11) is 0. The standard InChI is InChI=1S/C9H11FN2O2/c10-6-3-1-2-5(8(6)12)4-7(11)9(13)14/h1-3,7H,4,11-12H2,(H,13,14)/t7-/m0/s1. The minimum Gasteiger partial charge on any atom is -0.480 e. The number of hydrogen-bond acceptors (Lipinski definition) is 3. The lowest BCUT2D eigenvalue weighted by molar-refractivity contribution is -0.138. The van der Waals surface area contributed by atoms with E-state index in [9.17, 15) is 9.18 Å². The van der Waals surface area contributed by atoms with E-state index in [1.54, 1.807) is 6.07 Å². The Bertz CT molecular complexity index is 355. The largest absolute Gasteiger partial charge is 0.480 e. The van der Waals surface area contributed by atoms with Gasteiger partial charge in [0.1, 0.15) is 11.9 Å². The molecule has 0 unspecified atom stereocenters. The average Bonchev–Trinajstić information content (AvgIpc) is 2.12. The van der Waals surface area contributed by atoms with Crippen molar-refractivity contribution in [3.8, 4) is 0 Å². The average molecular weight is 198 g/mol. The molecule has 0 aliphatic rings. The number of carboxylic acids is 1. The summed E-state index contributed by atoms with van der Waals surface area (Å²) >= 11 is 0. The van der Waals surface area contributed by atoms with Gasteiger partial charge in [-0.15, -0.1) is 0 Å². The monoisotopic (exact) mass is 198 g/mol. The molecule has 0 spiro atoms. The quantitative estimate of drug-likeness (QED) is 0.612. The topological polar surface area (TPSA) is 89.3 Å². The molecule has 0 radical (unpaired) electrons. The molecule has 0 saturated heterocycles. The summed E-state index contributed by atoms with van der Waals surface area (Å²) in [5.74, 6) is -1.69. The Balaban J connectivity index is 2.87. The van der Waals surface area contributed by atoms with E-state index in [0.717, 1.165) is 0 Å². The molecule has 5 N–H and O–H groups in total. The fourth-order valence-electron chi connectivity index (χ4n) is 1.08. The van der Waals surface area contributed by atoms with Gasteiger partial charge >= 0.3 is 5.97 Å². The van der Waals surface area contributed by atoms with Crippen LogP contribution in [0.5, 0.6) is 0 Å². The van der Waals surface area contributed by atoms with Crippen LogP contribution < -0.4 is 11.5 Å². The molecule has 0 saturated carbocycles. The molecule has 0 heterocycles. The summed E-state index contributed by atoms with van der Waals surface area (Å²) in [4.78, 5) is 10.4. The molecule has 0 aliphatic heterocycles. The second kappa shape index (κ2) is 4.06. The number of nitrogens with two attached hydrogens (primary N) is 2. The maximum atomic E-state index is 12.9. The van der Waals surface area contributed by atoms with E-state index in [2.05, 4.69) is 0 Å². The van der Waals surface area contributed by atoms with Gasteiger partial charge in [-0.1, -0.05) is 12.1 Å². The summed E-state index contributed by atoms with van der Waals surface area (Å²) in [6.07, 6.45) is 0.0267. The van der Waals surface area contributed by atoms with E-state index in [-0.39, 0.29) is 12.1 Å². The Morgan fingerprint density at radius 1 is 1.57 bits per heavy atom. The maximum Gasteiger partial charge on any atom is 0.320 e. The predicted molar refractivity (Wildman–Crippen MR) is 50.1 cm³/mol. The number of carbonyl (C=O) groups is 1. The molecular weight excluding hydrogens is 187 g/mol. The number of rotatable bonds is 3. The normalized spacial score (nSPS) is 12.4. The van der Waals surface area contributed by atoms with Crippen LogP contribution >= 0.6 is 0 Å². The molecular formula is C9H11FN2O2. The molecule has 1 aromatic rings. The number of carboxylic acid groups (broad SMARTS) is 1. The van der Waals surface area contributed by atoms with Gasteiger partial charge in [-0.05, 0) is 11.6 Å². The van der Waals surface area contributed by atoms with E-state index >= 15 is 0 Å².